The quantitative estimate of drug-likeness (QED) is 0.253. The summed E-state index contributed by atoms with van der Waals surface area (Å²) in [5, 5.41) is 9.75. The number of hydrogen-bond donors (Lipinski definition) is 1. The van der Waals surface area contributed by atoms with Gasteiger partial charge in [0.05, 0.1) is 6.61 Å². The molecule has 1 aliphatic rings. The largest absolute Gasteiger partial charge is 0.494 e. The molecule has 1 aromatic rings. The topological polar surface area (TPSA) is 70.1 Å². The SMILES string of the molecule is C=C1C(=O)N(CCCCOc2ccc(C(O)(C(F)(F)F)C(F)(F)F)c(C(C)C)c2)C(=O)N1C. The summed E-state index contributed by atoms with van der Waals surface area (Å²) < 4.78 is 85.2. The Hall–Kier alpha value is -2.76. The first kappa shape index (κ1) is 26.5. The average molecular weight is 482 g/mol. The fourth-order valence-corrected chi connectivity index (χ4v) is 3.35. The number of ether oxygens (including phenoxy) is 1. The van der Waals surface area contributed by atoms with Crippen molar-refractivity contribution >= 4 is 11.9 Å². The molecule has 2 rings (SSSR count). The van der Waals surface area contributed by atoms with Crippen LogP contribution in [0.5, 0.6) is 5.75 Å². The standard InChI is InChI=1S/C21H24F6N2O4/c1-12(2)15-11-14(7-8-16(15)19(32,20(22,23)24)21(25,26)27)33-10-6-5-9-29-17(30)13(3)28(4)18(29)31/h7-8,11-12,32H,3,5-6,9-10H2,1-2,4H3. The summed E-state index contributed by atoms with van der Waals surface area (Å²) in [6, 6.07) is 2.02. The van der Waals surface area contributed by atoms with Gasteiger partial charge >= 0.3 is 18.4 Å². The molecular weight excluding hydrogens is 458 g/mol. The lowest BCUT2D eigenvalue weighted by Crippen LogP contribution is -2.54. The zero-order valence-corrected chi connectivity index (χ0v) is 18.2. The number of nitrogens with zero attached hydrogens (tertiary/aromatic N) is 2. The summed E-state index contributed by atoms with van der Waals surface area (Å²) in [6.45, 7) is 6.43. The lowest BCUT2D eigenvalue weighted by atomic mass is 9.84. The first-order valence-electron chi connectivity index (χ1n) is 9.95. The molecule has 12 heteroatoms. The summed E-state index contributed by atoms with van der Waals surface area (Å²) in [7, 11) is 1.42. The van der Waals surface area contributed by atoms with Gasteiger partial charge in [0.2, 0.25) is 0 Å². The normalized spacial score (nSPS) is 15.8. The van der Waals surface area contributed by atoms with Crippen LogP contribution < -0.4 is 4.74 Å². The minimum absolute atomic E-state index is 0.0237. The second kappa shape index (κ2) is 9.24. The molecule has 1 N–H and O–H groups in total. The van der Waals surface area contributed by atoms with Crippen molar-refractivity contribution in [3.63, 3.8) is 0 Å². The molecule has 1 aromatic carbocycles. The zero-order valence-electron chi connectivity index (χ0n) is 18.2. The van der Waals surface area contributed by atoms with Gasteiger partial charge in [-0.2, -0.15) is 26.3 Å². The van der Waals surface area contributed by atoms with Crippen molar-refractivity contribution in [1.82, 2.24) is 9.80 Å². The molecule has 6 nitrogen and oxygen atoms in total. The predicted octanol–water partition coefficient (Wildman–Crippen LogP) is 4.69. The summed E-state index contributed by atoms with van der Waals surface area (Å²) in [4.78, 5) is 26.0. The maximum atomic E-state index is 13.3. The zero-order chi connectivity index (χ0) is 25.4. The molecule has 0 saturated carbocycles. The Morgan fingerprint density at radius 3 is 2.09 bits per heavy atom. The number of aliphatic hydroxyl groups is 1. The fraction of sp³-hybridized carbons (Fsp3) is 0.524. The highest BCUT2D eigenvalue weighted by atomic mass is 19.4. The van der Waals surface area contributed by atoms with E-state index >= 15 is 0 Å². The van der Waals surface area contributed by atoms with E-state index in [2.05, 4.69) is 6.58 Å². The van der Waals surface area contributed by atoms with Gasteiger partial charge in [-0.1, -0.05) is 26.5 Å². The third-order valence-corrected chi connectivity index (χ3v) is 5.31. The molecule has 0 spiro atoms. The van der Waals surface area contributed by atoms with Crippen molar-refractivity contribution in [1.29, 1.82) is 0 Å². The van der Waals surface area contributed by atoms with Gasteiger partial charge in [0.25, 0.3) is 11.5 Å². The first-order chi connectivity index (χ1) is 15.0. The van der Waals surface area contributed by atoms with E-state index in [0.717, 1.165) is 21.9 Å². The lowest BCUT2D eigenvalue weighted by molar-refractivity contribution is -0.376. The van der Waals surface area contributed by atoms with Crippen LogP contribution in [0, 0.1) is 0 Å². The summed E-state index contributed by atoms with van der Waals surface area (Å²) in [5.41, 5.74) is -6.64. The number of rotatable bonds is 8. The third kappa shape index (κ3) is 4.94. The van der Waals surface area contributed by atoms with Gasteiger partial charge in [-0.3, -0.25) is 14.6 Å². The van der Waals surface area contributed by atoms with Crippen LogP contribution in [0.15, 0.2) is 30.5 Å². The number of benzene rings is 1. The molecule has 3 amide bonds. The Morgan fingerprint density at radius 2 is 1.64 bits per heavy atom. The Bertz CT molecular complexity index is 912. The van der Waals surface area contributed by atoms with Gasteiger partial charge in [0.15, 0.2) is 0 Å². The van der Waals surface area contributed by atoms with Crippen molar-refractivity contribution in [3.05, 3.63) is 41.6 Å². The van der Waals surface area contributed by atoms with Crippen molar-refractivity contribution < 1.29 is 45.8 Å². The van der Waals surface area contributed by atoms with Crippen LogP contribution in [0.4, 0.5) is 31.1 Å². The first-order valence-corrected chi connectivity index (χ1v) is 9.95. The molecule has 0 radical (unpaired) electrons. The highest BCUT2D eigenvalue weighted by molar-refractivity contribution is 6.11. The maximum absolute atomic E-state index is 13.3. The minimum atomic E-state index is -5.99. The van der Waals surface area contributed by atoms with Crippen LogP contribution in [0.3, 0.4) is 0 Å². The van der Waals surface area contributed by atoms with E-state index in [-0.39, 0.29) is 30.2 Å². The van der Waals surface area contributed by atoms with Crippen LogP contribution in [-0.4, -0.2) is 59.4 Å². The third-order valence-electron chi connectivity index (χ3n) is 5.31. The maximum Gasteiger partial charge on any atom is 0.430 e. The monoisotopic (exact) mass is 482 g/mol. The van der Waals surface area contributed by atoms with E-state index in [1.807, 2.05) is 0 Å². The van der Waals surface area contributed by atoms with Crippen LogP contribution in [0.1, 0.15) is 43.7 Å². The number of amides is 3. The molecule has 1 aliphatic heterocycles. The number of unbranched alkanes of at least 4 members (excludes halogenated alkanes) is 1. The Kier molecular flexibility index (Phi) is 7.42. The number of imide groups is 1. The van der Waals surface area contributed by atoms with Crippen molar-refractivity contribution in [2.24, 2.45) is 0 Å². The predicted molar refractivity (Wildman–Crippen MR) is 105 cm³/mol. The number of urea groups is 1. The van der Waals surface area contributed by atoms with Crippen molar-refractivity contribution in [3.8, 4) is 5.75 Å². The summed E-state index contributed by atoms with van der Waals surface area (Å²) in [6.07, 6.45) is -11.3. The lowest BCUT2D eigenvalue weighted by Gasteiger charge is -2.34. The molecule has 1 saturated heterocycles. The number of alkyl halides is 6. The number of carbonyl (C=O) groups is 2. The van der Waals surface area contributed by atoms with Crippen LogP contribution in [0.2, 0.25) is 0 Å². The summed E-state index contributed by atoms with van der Waals surface area (Å²) in [5.74, 6) is -1.27. The van der Waals surface area contributed by atoms with Gasteiger partial charge in [-0.15, -0.1) is 0 Å². The van der Waals surface area contributed by atoms with E-state index in [4.69, 9.17) is 4.74 Å². The molecule has 0 bridgehead atoms. The fourth-order valence-electron chi connectivity index (χ4n) is 3.35. The van der Waals surface area contributed by atoms with Crippen LogP contribution >= 0.6 is 0 Å². The Morgan fingerprint density at radius 1 is 1.06 bits per heavy atom. The molecule has 184 valence electrons. The van der Waals surface area contributed by atoms with Gasteiger partial charge < -0.3 is 9.84 Å². The van der Waals surface area contributed by atoms with E-state index < -0.39 is 41.4 Å². The molecule has 33 heavy (non-hydrogen) atoms. The molecular formula is C21H24F6N2O4. The Balaban J connectivity index is 2.10. The van der Waals surface area contributed by atoms with Gasteiger partial charge in [-0.05, 0) is 36.5 Å². The molecule has 0 atom stereocenters. The molecule has 1 heterocycles. The van der Waals surface area contributed by atoms with E-state index in [1.54, 1.807) is 0 Å². The minimum Gasteiger partial charge on any atom is -0.494 e. The Labute approximate surface area is 186 Å². The highest BCUT2D eigenvalue weighted by Gasteiger charge is 2.72. The molecule has 0 aliphatic carbocycles. The van der Waals surface area contributed by atoms with Crippen molar-refractivity contribution in [2.75, 3.05) is 20.2 Å². The highest BCUT2D eigenvalue weighted by Crippen LogP contribution is 2.52. The van der Waals surface area contributed by atoms with E-state index in [1.165, 1.54) is 20.9 Å². The van der Waals surface area contributed by atoms with Gasteiger partial charge in [0.1, 0.15) is 11.4 Å². The smallest absolute Gasteiger partial charge is 0.430 e. The second-order valence-corrected chi connectivity index (χ2v) is 7.91. The van der Waals surface area contributed by atoms with E-state index in [0.29, 0.717) is 18.9 Å². The van der Waals surface area contributed by atoms with Crippen molar-refractivity contribution in [2.45, 2.75) is 50.6 Å². The number of hydrogen-bond acceptors (Lipinski definition) is 4. The van der Waals surface area contributed by atoms with Gasteiger partial charge in [0, 0.05) is 19.2 Å². The van der Waals surface area contributed by atoms with Crippen LogP contribution in [0.25, 0.3) is 0 Å². The molecule has 1 fully saturated rings. The van der Waals surface area contributed by atoms with Crippen LogP contribution in [-0.2, 0) is 10.4 Å². The van der Waals surface area contributed by atoms with Gasteiger partial charge in [-0.25, -0.2) is 4.79 Å². The summed E-state index contributed by atoms with van der Waals surface area (Å²) >= 11 is 0. The molecule has 0 unspecified atom stereocenters. The van der Waals surface area contributed by atoms with E-state index in [9.17, 15) is 41.0 Å². The number of carbonyl (C=O) groups excluding carboxylic acids is 2. The molecule has 0 aromatic heterocycles. The number of likely N-dealkylation sites (N-methyl/N-ethyl adjacent to an activating group) is 1. The average Bonchev–Trinajstić information content (AvgIpc) is 2.88. The number of halogens is 6. The second-order valence-electron chi connectivity index (χ2n) is 7.91.